The number of esters is 1. The van der Waals surface area contributed by atoms with Crippen molar-refractivity contribution in [1.82, 2.24) is 0 Å². The monoisotopic (exact) mass is 284 g/mol. The fourth-order valence-electron chi connectivity index (χ4n) is 2.09. The first-order valence-electron chi connectivity index (χ1n) is 6.04. The summed E-state index contributed by atoms with van der Waals surface area (Å²) in [6, 6.07) is 6.68. The lowest BCUT2D eigenvalue weighted by Gasteiger charge is -2.08. The molecular weight excluding hydrogens is 268 g/mol. The highest BCUT2D eigenvalue weighted by molar-refractivity contribution is 7.91. The minimum Gasteiger partial charge on any atom is -0.497 e. The molecule has 0 spiro atoms. The van der Waals surface area contributed by atoms with Gasteiger partial charge in [0.2, 0.25) is 0 Å². The molecule has 1 saturated heterocycles. The minimum absolute atomic E-state index is 0.0880. The van der Waals surface area contributed by atoms with Crippen LogP contribution in [0.15, 0.2) is 24.3 Å². The maximum atomic E-state index is 11.7. The summed E-state index contributed by atoms with van der Waals surface area (Å²) in [5.41, 5.74) is 0. The van der Waals surface area contributed by atoms with E-state index in [0.29, 0.717) is 17.9 Å². The van der Waals surface area contributed by atoms with Crippen molar-refractivity contribution in [3.05, 3.63) is 24.3 Å². The van der Waals surface area contributed by atoms with Gasteiger partial charge in [-0.2, -0.15) is 0 Å². The molecule has 2 rings (SSSR count). The molecule has 5 nitrogen and oxygen atoms in total. The van der Waals surface area contributed by atoms with E-state index in [-0.39, 0.29) is 23.8 Å². The van der Waals surface area contributed by atoms with Crippen LogP contribution >= 0.6 is 0 Å². The standard InChI is InChI=1S/C13H16O5S/c1-17-11-2-4-12(5-3-11)18-13(14)8-10-6-7-19(15,16)9-10/h2-5,10H,6-9H2,1H3/t10-/m0/s1. The van der Waals surface area contributed by atoms with E-state index in [4.69, 9.17) is 9.47 Å². The molecule has 0 aliphatic carbocycles. The molecule has 1 aliphatic rings. The maximum Gasteiger partial charge on any atom is 0.311 e. The number of ether oxygens (including phenoxy) is 2. The molecule has 1 atom stereocenters. The minimum atomic E-state index is -2.95. The van der Waals surface area contributed by atoms with Gasteiger partial charge in [-0.15, -0.1) is 0 Å². The third-order valence-electron chi connectivity index (χ3n) is 3.07. The lowest BCUT2D eigenvalue weighted by atomic mass is 10.1. The zero-order valence-corrected chi connectivity index (χ0v) is 11.5. The Morgan fingerprint density at radius 2 is 1.89 bits per heavy atom. The molecule has 0 unspecified atom stereocenters. The molecule has 6 heteroatoms. The number of carbonyl (C=O) groups excluding carboxylic acids is 1. The van der Waals surface area contributed by atoms with Gasteiger partial charge < -0.3 is 9.47 Å². The van der Waals surface area contributed by atoms with Crippen LogP contribution in [0.1, 0.15) is 12.8 Å². The fourth-order valence-corrected chi connectivity index (χ4v) is 3.95. The van der Waals surface area contributed by atoms with Gasteiger partial charge in [0.05, 0.1) is 18.6 Å². The Morgan fingerprint density at radius 1 is 1.26 bits per heavy atom. The lowest BCUT2D eigenvalue weighted by Crippen LogP contribution is -2.15. The highest BCUT2D eigenvalue weighted by Crippen LogP contribution is 2.23. The van der Waals surface area contributed by atoms with E-state index in [1.165, 1.54) is 0 Å². The van der Waals surface area contributed by atoms with Crippen LogP contribution in [0, 0.1) is 5.92 Å². The number of sulfone groups is 1. The second kappa shape index (κ2) is 5.61. The average molecular weight is 284 g/mol. The van der Waals surface area contributed by atoms with Gasteiger partial charge in [0.15, 0.2) is 9.84 Å². The van der Waals surface area contributed by atoms with E-state index in [9.17, 15) is 13.2 Å². The van der Waals surface area contributed by atoms with Crippen LogP contribution in [-0.4, -0.2) is 33.0 Å². The quantitative estimate of drug-likeness (QED) is 0.618. The number of benzene rings is 1. The summed E-state index contributed by atoms with van der Waals surface area (Å²) < 4.78 is 32.7. The molecule has 1 fully saturated rings. The van der Waals surface area contributed by atoms with E-state index in [2.05, 4.69) is 0 Å². The van der Waals surface area contributed by atoms with Crippen molar-refractivity contribution in [2.45, 2.75) is 12.8 Å². The van der Waals surface area contributed by atoms with Crippen molar-refractivity contribution in [3.8, 4) is 11.5 Å². The number of carbonyl (C=O) groups is 1. The number of rotatable bonds is 4. The van der Waals surface area contributed by atoms with Crippen LogP contribution in [0.25, 0.3) is 0 Å². The Morgan fingerprint density at radius 3 is 2.42 bits per heavy atom. The normalized spacial score (nSPS) is 21.0. The zero-order valence-electron chi connectivity index (χ0n) is 10.7. The average Bonchev–Trinajstić information content (AvgIpc) is 2.69. The first kappa shape index (κ1) is 13.9. The van der Waals surface area contributed by atoms with Gasteiger partial charge >= 0.3 is 5.97 Å². The third kappa shape index (κ3) is 3.96. The molecule has 1 aliphatic heterocycles. The number of hydrogen-bond acceptors (Lipinski definition) is 5. The molecule has 1 heterocycles. The van der Waals surface area contributed by atoms with Crippen LogP contribution in [0.4, 0.5) is 0 Å². The van der Waals surface area contributed by atoms with Gasteiger partial charge in [0.25, 0.3) is 0 Å². The summed E-state index contributed by atoms with van der Waals surface area (Å²) >= 11 is 0. The summed E-state index contributed by atoms with van der Waals surface area (Å²) in [6.07, 6.45) is 0.686. The molecule has 0 aromatic heterocycles. The topological polar surface area (TPSA) is 69.7 Å². The Bertz CT molecular complexity index is 547. The zero-order chi connectivity index (χ0) is 13.9. The molecule has 0 amide bonds. The number of hydrogen-bond donors (Lipinski definition) is 0. The van der Waals surface area contributed by atoms with Crippen LogP contribution in [0.2, 0.25) is 0 Å². The van der Waals surface area contributed by atoms with Gasteiger partial charge in [-0.25, -0.2) is 8.42 Å². The van der Waals surface area contributed by atoms with Crippen molar-refractivity contribution in [3.63, 3.8) is 0 Å². The second-order valence-corrected chi connectivity index (χ2v) is 6.85. The molecule has 19 heavy (non-hydrogen) atoms. The largest absolute Gasteiger partial charge is 0.497 e. The van der Waals surface area contributed by atoms with Gasteiger partial charge in [0, 0.05) is 6.42 Å². The lowest BCUT2D eigenvalue weighted by molar-refractivity contribution is -0.135. The van der Waals surface area contributed by atoms with Crippen molar-refractivity contribution in [2.24, 2.45) is 5.92 Å². The molecule has 0 saturated carbocycles. The summed E-state index contributed by atoms with van der Waals surface area (Å²) in [6.45, 7) is 0. The molecule has 0 radical (unpaired) electrons. The summed E-state index contributed by atoms with van der Waals surface area (Å²) in [5, 5.41) is 0. The molecule has 104 valence electrons. The van der Waals surface area contributed by atoms with Crippen molar-refractivity contribution in [1.29, 1.82) is 0 Å². The second-order valence-electron chi connectivity index (χ2n) is 4.62. The predicted octanol–water partition coefficient (Wildman–Crippen LogP) is 1.43. The number of methoxy groups -OCH3 is 1. The van der Waals surface area contributed by atoms with Gasteiger partial charge in [0.1, 0.15) is 11.5 Å². The van der Waals surface area contributed by atoms with Gasteiger partial charge in [-0.3, -0.25) is 4.79 Å². The highest BCUT2D eigenvalue weighted by atomic mass is 32.2. The molecule has 1 aromatic rings. The van der Waals surface area contributed by atoms with Crippen molar-refractivity contribution in [2.75, 3.05) is 18.6 Å². The Hall–Kier alpha value is -1.56. The first-order valence-corrected chi connectivity index (χ1v) is 7.86. The van der Waals surface area contributed by atoms with E-state index >= 15 is 0 Å². The van der Waals surface area contributed by atoms with E-state index in [1.807, 2.05) is 0 Å². The van der Waals surface area contributed by atoms with E-state index < -0.39 is 15.8 Å². The smallest absolute Gasteiger partial charge is 0.311 e. The molecule has 1 aromatic carbocycles. The van der Waals surface area contributed by atoms with Crippen LogP contribution in [-0.2, 0) is 14.6 Å². The summed E-state index contributed by atoms with van der Waals surface area (Å²) in [4.78, 5) is 11.7. The molecule has 0 bridgehead atoms. The van der Waals surface area contributed by atoms with Crippen molar-refractivity contribution < 1.29 is 22.7 Å². The highest BCUT2D eigenvalue weighted by Gasteiger charge is 2.29. The van der Waals surface area contributed by atoms with Crippen LogP contribution in [0.5, 0.6) is 11.5 Å². The van der Waals surface area contributed by atoms with Gasteiger partial charge in [-0.05, 0) is 36.6 Å². The van der Waals surface area contributed by atoms with Gasteiger partial charge in [-0.1, -0.05) is 0 Å². The SMILES string of the molecule is COc1ccc(OC(=O)C[C@@H]2CCS(=O)(=O)C2)cc1. The first-order chi connectivity index (χ1) is 8.98. The molecular formula is C13H16O5S. The predicted molar refractivity (Wildman–Crippen MR) is 70.0 cm³/mol. The Labute approximate surface area is 112 Å². The van der Waals surface area contributed by atoms with Crippen LogP contribution < -0.4 is 9.47 Å². The van der Waals surface area contributed by atoms with Crippen molar-refractivity contribution >= 4 is 15.8 Å². The van der Waals surface area contributed by atoms with E-state index in [1.54, 1.807) is 31.4 Å². The third-order valence-corrected chi connectivity index (χ3v) is 4.91. The fraction of sp³-hybridized carbons (Fsp3) is 0.462. The summed E-state index contributed by atoms with van der Waals surface area (Å²) in [5.74, 6) is 0.870. The Balaban J connectivity index is 1.87. The molecule has 0 N–H and O–H groups in total. The Kier molecular flexibility index (Phi) is 4.09. The van der Waals surface area contributed by atoms with E-state index in [0.717, 1.165) is 0 Å². The van der Waals surface area contributed by atoms with Crippen LogP contribution in [0.3, 0.4) is 0 Å². The maximum absolute atomic E-state index is 11.7. The summed E-state index contributed by atoms with van der Waals surface area (Å²) in [7, 11) is -1.39.